The molecule has 0 N–H and O–H groups in total. The van der Waals surface area contributed by atoms with Gasteiger partial charge in [0.15, 0.2) is 46.8 Å². The van der Waals surface area contributed by atoms with Crippen molar-refractivity contribution in [2.24, 2.45) is 0 Å². The predicted molar refractivity (Wildman–Crippen MR) is 144 cm³/mol. The van der Waals surface area contributed by atoms with E-state index in [-0.39, 0.29) is 49.1 Å². The van der Waals surface area contributed by atoms with Gasteiger partial charge in [0, 0.05) is 6.54 Å². The number of ether oxygens (including phenoxy) is 4. The van der Waals surface area contributed by atoms with Crippen molar-refractivity contribution in [3.63, 3.8) is 0 Å². The van der Waals surface area contributed by atoms with E-state index in [1.807, 2.05) is 25.2 Å². The van der Waals surface area contributed by atoms with Crippen molar-refractivity contribution in [3.8, 4) is 23.0 Å². The second kappa shape index (κ2) is 11.7. The smallest absolute Gasteiger partial charge is 0.231 e. The summed E-state index contributed by atoms with van der Waals surface area (Å²) >= 11 is 0. The average Bonchev–Trinajstić information content (AvgIpc) is 3.32. The summed E-state index contributed by atoms with van der Waals surface area (Å²) in [6.45, 7) is 1.28. The van der Waals surface area contributed by atoms with Gasteiger partial charge in [-0.2, -0.15) is 0 Å². The number of methoxy groups -OCH3 is 2. The minimum Gasteiger partial charge on any atom is -0.493 e. The van der Waals surface area contributed by atoms with Crippen LogP contribution in [-0.2, 0) is 30.2 Å². The van der Waals surface area contributed by atoms with Crippen LogP contribution in [0, 0.1) is 0 Å². The summed E-state index contributed by atoms with van der Waals surface area (Å²) in [5.74, 6) is 1.87. The Balaban J connectivity index is 0.00000380. The van der Waals surface area contributed by atoms with Crippen LogP contribution in [0.1, 0.15) is 30.4 Å². The third kappa shape index (κ3) is 5.64. The minimum absolute atomic E-state index is 0. The first-order valence-corrected chi connectivity index (χ1v) is 15.2. The maximum Gasteiger partial charge on any atom is 0.231 e. The fraction of sp³-hybridized carbons (Fsp3) is 0.520. The van der Waals surface area contributed by atoms with Crippen LogP contribution in [0.3, 0.4) is 0 Å². The van der Waals surface area contributed by atoms with Crippen LogP contribution >= 0.6 is 12.4 Å². The van der Waals surface area contributed by atoms with Crippen LogP contribution in [0.4, 0.5) is 0 Å². The normalized spacial score (nSPS) is 18.7. The van der Waals surface area contributed by atoms with Crippen molar-refractivity contribution in [2.45, 2.75) is 29.8 Å². The largest absolute Gasteiger partial charge is 0.493 e. The predicted octanol–water partition coefficient (Wildman–Crippen LogP) is 3.20. The Bertz CT molecular complexity index is 1280. The zero-order chi connectivity index (χ0) is 26.0. The molecule has 0 saturated carbocycles. The van der Waals surface area contributed by atoms with Gasteiger partial charge in [-0.3, -0.25) is 0 Å². The molecular formula is C25H34ClNO8S2. The van der Waals surface area contributed by atoms with Gasteiger partial charge in [-0.15, -0.1) is 12.4 Å². The van der Waals surface area contributed by atoms with Gasteiger partial charge in [-0.1, -0.05) is 12.1 Å². The van der Waals surface area contributed by atoms with Crippen LogP contribution in [-0.4, -0.2) is 74.4 Å². The Labute approximate surface area is 225 Å². The maximum atomic E-state index is 13.4. The molecule has 4 rings (SSSR count). The molecule has 9 nitrogen and oxygen atoms in total. The van der Waals surface area contributed by atoms with Crippen LogP contribution in [0.2, 0.25) is 0 Å². The van der Waals surface area contributed by atoms with Crippen molar-refractivity contribution < 1.29 is 35.8 Å². The van der Waals surface area contributed by atoms with Gasteiger partial charge < -0.3 is 23.8 Å². The summed E-state index contributed by atoms with van der Waals surface area (Å²) in [5, 5.41) is 0. The molecule has 0 amide bonds. The van der Waals surface area contributed by atoms with Crippen LogP contribution in [0.15, 0.2) is 36.4 Å². The highest BCUT2D eigenvalue weighted by Crippen LogP contribution is 2.47. The molecule has 0 atom stereocenters. The molecule has 2 aliphatic rings. The summed E-state index contributed by atoms with van der Waals surface area (Å²) in [5.41, 5.74) is 1.31. The molecule has 2 aromatic rings. The highest BCUT2D eigenvalue weighted by atomic mass is 35.5. The molecule has 0 spiro atoms. The standard InChI is InChI=1S/C25H33NO8S2.ClH/c1-26(13-10-19-6-8-21(31-2)23(16-19)32-3)12-4-11-25(35(27,28)14-5-15-36(25,29)30)20-7-9-22-24(17-20)34-18-33-22;/h6-9,16-17H,4-5,10-15,18H2,1-3H3;1H. The van der Waals surface area contributed by atoms with Gasteiger partial charge in [0.05, 0.1) is 25.7 Å². The zero-order valence-electron chi connectivity index (χ0n) is 21.3. The second-order valence-electron chi connectivity index (χ2n) is 9.16. The van der Waals surface area contributed by atoms with Crippen molar-refractivity contribution in [1.29, 1.82) is 0 Å². The molecule has 0 radical (unpaired) electrons. The van der Waals surface area contributed by atoms with E-state index in [1.165, 1.54) is 6.07 Å². The molecule has 0 aromatic heterocycles. The van der Waals surface area contributed by atoms with E-state index in [0.29, 0.717) is 42.5 Å². The second-order valence-corrected chi connectivity index (χ2v) is 14.1. The number of sulfone groups is 2. The van der Waals surface area contributed by atoms with Crippen LogP contribution in [0.25, 0.3) is 0 Å². The van der Waals surface area contributed by atoms with Crippen LogP contribution in [0.5, 0.6) is 23.0 Å². The monoisotopic (exact) mass is 575 g/mol. The molecule has 2 aliphatic heterocycles. The fourth-order valence-corrected chi connectivity index (χ4v) is 10.8. The Morgan fingerprint density at radius 3 is 2.24 bits per heavy atom. The van der Waals surface area contributed by atoms with Gasteiger partial charge in [0.1, 0.15) is 0 Å². The summed E-state index contributed by atoms with van der Waals surface area (Å²) in [6, 6.07) is 10.4. The number of rotatable bonds is 10. The molecule has 0 bridgehead atoms. The molecule has 1 fully saturated rings. The average molecular weight is 576 g/mol. The number of hydrogen-bond donors (Lipinski definition) is 0. The van der Waals surface area contributed by atoms with Gasteiger partial charge in [-0.25, -0.2) is 16.8 Å². The highest BCUT2D eigenvalue weighted by molar-refractivity contribution is 8.10. The van der Waals surface area contributed by atoms with Gasteiger partial charge in [0.25, 0.3) is 0 Å². The van der Waals surface area contributed by atoms with E-state index in [4.69, 9.17) is 18.9 Å². The third-order valence-corrected chi connectivity index (χ3v) is 13.0. The van der Waals surface area contributed by atoms with Crippen molar-refractivity contribution in [3.05, 3.63) is 47.5 Å². The van der Waals surface area contributed by atoms with E-state index in [9.17, 15) is 16.8 Å². The van der Waals surface area contributed by atoms with Gasteiger partial charge >= 0.3 is 0 Å². The quantitative estimate of drug-likeness (QED) is 0.422. The number of nitrogens with zero attached hydrogens (tertiary/aromatic N) is 1. The Morgan fingerprint density at radius 1 is 0.892 bits per heavy atom. The van der Waals surface area contributed by atoms with Crippen molar-refractivity contribution in [1.82, 2.24) is 4.90 Å². The lowest BCUT2D eigenvalue weighted by Crippen LogP contribution is -2.50. The lowest BCUT2D eigenvalue weighted by Gasteiger charge is -2.37. The van der Waals surface area contributed by atoms with E-state index in [1.54, 1.807) is 26.4 Å². The minimum atomic E-state index is -3.96. The Kier molecular flexibility index (Phi) is 9.26. The first-order valence-electron chi connectivity index (χ1n) is 11.9. The summed E-state index contributed by atoms with van der Waals surface area (Å²) < 4.78 is 73.2. The maximum absolute atomic E-state index is 13.4. The number of likely N-dealkylation sites (N-methyl/N-ethyl adjacent to an activating group) is 1. The Morgan fingerprint density at radius 2 is 1.57 bits per heavy atom. The van der Waals surface area contributed by atoms with Gasteiger partial charge in [0.2, 0.25) is 6.79 Å². The van der Waals surface area contributed by atoms with Gasteiger partial charge in [-0.05, 0) is 74.7 Å². The van der Waals surface area contributed by atoms with Crippen LogP contribution < -0.4 is 18.9 Å². The lowest BCUT2D eigenvalue weighted by molar-refractivity contribution is 0.174. The first kappa shape index (κ1) is 29.3. The molecule has 206 valence electrons. The molecule has 37 heavy (non-hydrogen) atoms. The number of hydrogen-bond acceptors (Lipinski definition) is 9. The number of benzene rings is 2. The molecule has 12 heteroatoms. The Hall–Kier alpha value is -2.21. The van der Waals surface area contributed by atoms with Crippen molar-refractivity contribution in [2.75, 3.05) is 52.7 Å². The molecule has 2 aromatic carbocycles. The SMILES string of the molecule is COc1ccc(CCN(C)CCCC2(c3ccc4c(c3)OCO4)S(=O)(=O)CCCS2(=O)=O)cc1OC.Cl. The molecule has 1 saturated heterocycles. The summed E-state index contributed by atoms with van der Waals surface area (Å²) in [6.07, 6.45) is 1.25. The molecular weight excluding hydrogens is 542 g/mol. The fourth-order valence-electron chi connectivity index (χ4n) is 4.96. The summed E-state index contributed by atoms with van der Waals surface area (Å²) in [4.78, 5) is 2.08. The first-order chi connectivity index (χ1) is 17.1. The lowest BCUT2D eigenvalue weighted by atomic mass is 10.1. The third-order valence-electron chi connectivity index (χ3n) is 6.92. The highest BCUT2D eigenvalue weighted by Gasteiger charge is 2.57. The van der Waals surface area contributed by atoms with Crippen molar-refractivity contribution >= 4 is 32.1 Å². The summed E-state index contributed by atoms with van der Waals surface area (Å²) in [7, 11) is -2.79. The number of halogens is 1. The van der Waals surface area contributed by atoms with E-state index in [0.717, 1.165) is 12.0 Å². The molecule has 0 unspecified atom stereocenters. The number of fused-ring (bicyclic) bond motifs is 1. The zero-order valence-corrected chi connectivity index (χ0v) is 23.7. The topological polar surface area (TPSA) is 108 Å². The molecule has 0 aliphatic carbocycles. The van der Waals surface area contributed by atoms with E-state index in [2.05, 4.69) is 4.90 Å². The van der Waals surface area contributed by atoms with E-state index >= 15 is 0 Å². The van der Waals surface area contributed by atoms with E-state index < -0.39 is 23.8 Å². The molecule has 2 heterocycles.